The molecule has 3 aromatic rings. The molecule has 7 nitrogen and oxygen atoms in total. The third-order valence-electron chi connectivity index (χ3n) is 16.1. The molecule has 2 N–H and O–H groups in total. The van der Waals surface area contributed by atoms with Gasteiger partial charge in [-0.05, 0) is 116 Å². The lowest BCUT2D eigenvalue weighted by Gasteiger charge is -2.71. The molecule has 8 unspecified atom stereocenters. The van der Waals surface area contributed by atoms with Crippen molar-refractivity contribution >= 4 is 22.6 Å². The van der Waals surface area contributed by atoms with Gasteiger partial charge in [-0.1, -0.05) is 93.8 Å². The molecule has 7 aliphatic carbocycles. The van der Waals surface area contributed by atoms with Crippen LogP contribution in [0.2, 0.25) is 0 Å². The van der Waals surface area contributed by atoms with Crippen LogP contribution in [0.3, 0.4) is 0 Å². The van der Waals surface area contributed by atoms with Crippen LogP contribution in [0.25, 0.3) is 10.8 Å². The minimum absolute atomic E-state index is 0.0241. The van der Waals surface area contributed by atoms with E-state index in [1.165, 1.54) is 29.2 Å². The molecule has 0 aromatic heterocycles. The van der Waals surface area contributed by atoms with Crippen LogP contribution in [-0.4, -0.2) is 51.6 Å². The first kappa shape index (κ1) is 39.3. The van der Waals surface area contributed by atoms with Gasteiger partial charge in [0, 0.05) is 34.3 Å². The topological polar surface area (TPSA) is 96.3 Å². The fourth-order valence-electron chi connectivity index (χ4n) is 13.1. The number of amides is 1. The first-order chi connectivity index (χ1) is 27.6. The Morgan fingerprint density at radius 1 is 0.810 bits per heavy atom. The maximum absolute atomic E-state index is 15.0. The zero-order valence-electron chi connectivity index (χ0n) is 33.4. The van der Waals surface area contributed by atoms with Gasteiger partial charge in [-0.25, -0.2) is 4.79 Å². The second-order valence-corrected chi connectivity index (χ2v) is 18.9. The Bertz CT molecular complexity index is 2160. The Morgan fingerprint density at radius 2 is 1.48 bits per heavy atom. The highest BCUT2D eigenvalue weighted by molar-refractivity contribution is 6.00. The summed E-state index contributed by atoms with van der Waals surface area (Å²) in [5.74, 6) is 0.265. The Kier molecular flexibility index (Phi) is 9.47. The van der Waals surface area contributed by atoms with Gasteiger partial charge in [-0.15, -0.1) is 13.2 Å². The molecule has 2 spiro atoms. The fourth-order valence-corrected chi connectivity index (χ4v) is 13.1. The molecule has 0 saturated heterocycles. The Balaban J connectivity index is 1.07. The summed E-state index contributed by atoms with van der Waals surface area (Å²) in [6, 6.07) is 18.5. The summed E-state index contributed by atoms with van der Waals surface area (Å²) in [6.07, 6.45) is 10.7. The third-order valence-corrected chi connectivity index (χ3v) is 16.1. The van der Waals surface area contributed by atoms with Crippen molar-refractivity contribution in [2.45, 2.75) is 116 Å². The highest BCUT2D eigenvalue weighted by atomic mass is 19.4. The van der Waals surface area contributed by atoms with E-state index in [0.29, 0.717) is 37.0 Å². The molecular weight excluding hydrogens is 744 g/mol. The standard InChI is InChI=1S/C48H54F3NO6/c1-43-21-18-35(53)27-45(43)24-25-47(38(28-45)41(54)33-9-4-3-5-10-33)39(43)19-22-44(2)40(47)20-23-46(44,56)30-52(29-31-12-15-36(16-13-31)58-48(49,50)51)42(55)57-37-17-14-32-8-6-7-11-34(32)26-37/h6-8,11-17,24-26,28,33,35,39-40,53,56H,3-5,9-10,18-23,27,29-30H2,1-2H3. The van der Waals surface area contributed by atoms with E-state index in [9.17, 15) is 33.0 Å². The molecular formula is C48H54F3NO6. The van der Waals surface area contributed by atoms with Crippen molar-refractivity contribution in [3.8, 4) is 11.5 Å². The van der Waals surface area contributed by atoms with Crippen molar-refractivity contribution in [3.05, 3.63) is 96.1 Å². The van der Waals surface area contributed by atoms with Crippen LogP contribution >= 0.6 is 0 Å². The SMILES string of the molecule is CC12CCC(O)CC13C=CC1(C(C(=O)C4CCCCC4)=C3)C2CCC2(C)C1CCC2(O)CN(Cc1ccc(OC(F)(F)F)cc1)C(=O)Oc1ccc2ccccc2c1. The van der Waals surface area contributed by atoms with E-state index in [0.717, 1.165) is 67.7 Å². The summed E-state index contributed by atoms with van der Waals surface area (Å²) >= 11 is 0. The van der Waals surface area contributed by atoms with Gasteiger partial charge in [0.1, 0.15) is 11.5 Å². The third kappa shape index (κ3) is 6.22. The number of hydrogen-bond donors (Lipinski definition) is 2. The molecule has 0 heterocycles. The number of aliphatic hydroxyl groups excluding tert-OH is 1. The van der Waals surface area contributed by atoms with Crippen molar-refractivity contribution < 1.29 is 42.4 Å². The minimum Gasteiger partial charge on any atom is -0.410 e. The average Bonchev–Trinajstić information content (AvgIpc) is 3.47. The molecule has 2 bridgehead atoms. The summed E-state index contributed by atoms with van der Waals surface area (Å²) < 4.78 is 49.1. The first-order valence-corrected chi connectivity index (χ1v) is 21.3. The highest BCUT2D eigenvalue weighted by Gasteiger charge is 2.74. The summed E-state index contributed by atoms with van der Waals surface area (Å²) in [4.78, 5) is 30.8. The number of ether oxygens (including phenoxy) is 2. The molecule has 4 fully saturated rings. The Morgan fingerprint density at radius 3 is 2.22 bits per heavy atom. The van der Waals surface area contributed by atoms with Crippen LogP contribution < -0.4 is 9.47 Å². The molecule has 1 amide bonds. The van der Waals surface area contributed by atoms with Gasteiger partial charge in [0.15, 0.2) is 5.78 Å². The van der Waals surface area contributed by atoms with Crippen LogP contribution in [-0.2, 0) is 11.3 Å². The van der Waals surface area contributed by atoms with E-state index in [4.69, 9.17) is 4.74 Å². The Hall–Kier alpha value is -4.15. The molecule has 10 rings (SSSR count). The number of ketones is 1. The van der Waals surface area contributed by atoms with Crippen LogP contribution in [0.1, 0.15) is 96.5 Å². The molecule has 0 radical (unpaired) electrons. The van der Waals surface area contributed by atoms with Gasteiger partial charge < -0.3 is 24.6 Å². The second-order valence-electron chi connectivity index (χ2n) is 18.9. The van der Waals surface area contributed by atoms with Gasteiger partial charge in [0.2, 0.25) is 0 Å². The van der Waals surface area contributed by atoms with Crippen molar-refractivity contribution in [2.75, 3.05) is 6.54 Å². The van der Waals surface area contributed by atoms with E-state index in [2.05, 4.69) is 36.8 Å². The summed E-state index contributed by atoms with van der Waals surface area (Å²) in [7, 11) is 0. The van der Waals surface area contributed by atoms with Crippen LogP contribution in [0.15, 0.2) is 90.5 Å². The summed E-state index contributed by atoms with van der Waals surface area (Å²) in [6.45, 7) is 4.43. The number of benzene rings is 3. The molecule has 4 saturated carbocycles. The average molecular weight is 798 g/mol. The van der Waals surface area contributed by atoms with E-state index in [1.54, 1.807) is 12.1 Å². The number of Topliss-reactive ketones (excluding diaryl/α,β-unsaturated/α-hetero) is 1. The number of carbonyl (C=O) groups excluding carboxylic acids is 2. The summed E-state index contributed by atoms with van der Waals surface area (Å²) in [5, 5.41) is 26.1. The van der Waals surface area contributed by atoms with Crippen molar-refractivity contribution in [1.82, 2.24) is 4.90 Å². The molecule has 3 aromatic carbocycles. The molecule has 0 aliphatic heterocycles. The van der Waals surface area contributed by atoms with Gasteiger partial charge in [-0.2, -0.15) is 0 Å². The smallest absolute Gasteiger partial charge is 0.410 e. The highest BCUT2D eigenvalue weighted by Crippen LogP contribution is 2.78. The zero-order valence-corrected chi connectivity index (χ0v) is 33.4. The lowest BCUT2D eigenvalue weighted by Crippen LogP contribution is -2.67. The number of alkyl halides is 3. The molecule has 7 aliphatic rings. The fraction of sp³-hybridized carbons (Fsp3) is 0.542. The number of aliphatic hydroxyl groups is 2. The molecule has 8 atom stereocenters. The number of hydrogen-bond acceptors (Lipinski definition) is 6. The monoisotopic (exact) mass is 797 g/mol. The summed E-state index contributed by atoms with van der Waals surface area (Å²) in [5.41, 5.74) is -1.77. The number of allylic oxidation sites excluding steroid dienone is 4. The van der Waals surface area contributed by atoms with Crippen molar-refractivity contribution in [1.29, 1.82) is 0 Å². The maximum atomic E-state index is 15.0. The van der Waals surface area contributed by atoms with Crippen LogP contribution in [0, 0.1) is 39.4 Å². The van der Waals surface area contributed by atoms with Gasteiger partial charge >= 0.3 is 12.5 Å². The number of rotatable bonds is 8. The predicted molar refractivity (Wildman–Crippen MR) is 214 cm³/mol. The number of nitrogens with zero attached hydrogens (tertiary/aromatic N) is 1. The van der Waals surface area contributed by atoms with Gasteiger partial charge in [0.05, 0.1) is 18.2 Å². The van der Waals surface area contributed by atoms with E-state index in [1.807, 2.05) is 30.3 Å². The predicted octanol–water partition coefficient (Wildman–Crippen LogP) is 10.5. The Labute approximate surface area is 338 Å². The van der Waals surface area contributed by atoms with Gasteiger partial charge in [-0.3, -0.25) is 4.79 Å². The minimum atomic E-state index is -4.84. The lowest BCUT2D eigenvalue weighted by atomic mass is 9.32. The first-order valence-electron chi connectivity index (χ1n) is 21.3. The van der Waals surface area contributed by atoms with Crippen molar-refractivity contribution in [2.24, 2.45) is 39.4 Å². The second kappa shape index (κ2) is 14.0. The number of carbonyl (C=O) groups is 2. The van der Waals surface area contributed by atoms with Crippen LogP contribution in [0.4, 0.5) is 18.0 Å². The van der Waals surface area contributed by atoms with E-state index < -0.39 is 40.4 Å². The van der Waals surface area contributed by atoms with Gasteiger partial charge in [0.25, 0.3) is 0 Å². The number of halogens is 3. The number of fused-ring (bicyclic) bond motifs is 2. The quantitative estimate of drug-likeness (QED) is 0.220. The molecule has 58 heavy (non-hydrogen) atoms. The largest absolute Gasteiger partial charge is 0.573 e. The molecule has 10 heteroatoms. The normalized spacial score (nSPS) is 35.4. The van der Waals surface area contributed by atoms with E-state index >= 15 is 0 Å². The molecule has 308 valence electrons. The van der Waals surface area contributed by atoms with Crippen LogP contribution in [0.5, 0.6) is 11.5 Å². The van der Waals surface area contributed by atoms with Crippen molar-refractivity contribution in [3.63, 3.8) is 0 Å². The lowest BCUT2D eigenvalue weighted by molar-refractivity contribution is -0.274. The van der Waals surface area contributed by atoms with E-state index in [-0.39, 0.29) is 47.8 Å². The maximum Gasteiger partial charge on any atom is 0.573 e. The zero-order chi connectivity index (χ0) is 40.7.